The summed E-state index contributed by atoms with van der Waals surface area (Å²) in [6.45, 7) is 8.49. The van der Waals surface area contributed by atoms with Crippen molar-refractivity contribution in [3.63, 3.8) is 0 Å². The van der Waals surface area contributed by atoms with Gasteiger partial charge in [0, 0.05) is 51.7 Å². The third kappa shape index (κ3) is 5.90. The number of piperidine rings is 1. The molecule has 36 heavy (non-hydrogen) atoms. The molecule has 2 saturated heterocycles. The zero-order valence-electron chi connectivity index (χ0n) is 20.9. The number of nitrogens with zero attached hydrogens (tertiary/aromatic N) is 3. The number of aryl methyl sites for hydroxylation is 1. The van der Waals surface area contributed by atoms with Crippen LogP contribution in [-0.4, -0.2) is 61.6 Å². The second kappa shape index (κ2) is 11.4. The summed E-state index contributed by atoms with van der Waals surface area (Å²) in [6, 6.07) is 17.4. The van der Waals surface area contributed by atoms with Gasteiger partial charge in [0.25, 0.3) is 5.91 Å². The number of thiophene rings is 1. The van der Waals surface area contributed by atoms with Crippen LogP contribution in [0.5, 0.6) is 5.75 Å². The van der Waals surface area contributed by atoms with Crippen molar-refractivity contribution < 1.29 is 13.9 Å². The molecule has 2 aliphatic heterocycles. The number of carbonyl (C=O) groups excluding carboxylic acids is 1. The van der Waals surface area contributed by atoms with E-state index in [9.17, 15) is 9.18 Å². The number of hydrogen-bond acceptors (Lipinski definition) is 5. The maximum absolute atomic E-state index is 14.1. The molecule has 1 aromatic heterocycles. The summed E-state index contributed by atoms with van der Waals surface area (Å²) in [5, 5.41) is 1.99. The van der Waals surface area contributed by atoms with Crippen LogP contribution in [0, 0.1) is 18.7 Å². The van der Waals surface area contributed by atoms with E-state index in [1.54, 1.807) is 6.07 Å². The molecule has 1 amide bonds. The van der Waals surface area contributed by atoms with E-state index in [4.69, 9.17) is 4.74 Å². The van der Waals surface area contributed by atoms with Crippen molar-refractivity contribution in [3.8, 4) is 5.75 Å². The fourth-order valence-corrected chi connectivity index (χ4v) is 6.07. The number of rotatable bonds is 7. The molecule has 7 heteroatoms. The third-order valence-electron chi connectivity index (χ3n) is 7.22. The van der Waals surface area contributed by atoms with Crippen LogP contribution in [0.25, 0.3) is 0 Å². The molecule has 3 aromatic rings. The minimum Gasteiger partial charge on any atom is -0.493 e. The molecule has 2 aliphatic rings. The smallest absolute Gasteiger partial charge is 0.264 e. The molecule has 0 spiro atoms. The second-order valence-corrected chi connectivity index (χ2v) is 10.8. The molecular weight excluding hydrogens is 473 g/mol. The Morgan fingerprint density at radius 1 is 1.06 bits per heavy atom. The predicted molar refractivity (Wildman–Crippen MR) is 144 cm³/mol. The van der Waals surface area contributed by atoms with Gasteiger partial charge in [-0.2, -0.15) is 0 Å². The number of piperazine rings is 1. The van der Waals surface area contributed by atoms with Crippen molar-refractivity contribution in [2.75, 3.05) is 50.8 Å². The highest BCUT2D eigenvalue weighted by molar-refractivity contribution is 7.12. The van der Waals surface area contributed by atoms with Gasteiger partial charge in [-0.15, -0.1) is 11.3 Å². The lowest BCUT2D eigenvalue weighted by atomic mass is 9.98. The molecule has 0 saturated carbocycles. The monoisotopic (exact) mass is 507 g/mol. The zero-order chi connectivity index (χ0) is 24.9. The number of anilines is 1. The Morgan fingerprint density at radius 3 is 2.67 bits per heavy atom. The normalized spacial score (nSPS) is 18.9. The number of halogens is 1. The summed E-state index contributed by atoms with van der Waals surface area (Å²) >= 11 is 1.53. The van der Waals surface area contributed by atoms with Crippen molar-refractivity contribution in [1.29, 1.82) is 0 Å². The number of para-hydroxylation sites is 1. The average Bonchev–Trinajstić information content (AvgIpc) is 3.34. The summed E-state index contributed by atoms with van der Waals surface area (Å²) in [7, 11) is 0. The summed E-state index contributed by atoms with van der Waals surface area (Å²) in [4.78, 5) is 20.3. The highest BCUT2D eigenvalue weighted by Gasteiger charge is 2.26. The third-order valence-corrected chi connectivity index (χ3v) is 8.22. The molecule has 1 unspecified atom stereocenters. The topological polar surface area (TPSA) is 36.0 Å². The molecule has 5 nitrogen and oxygen atoms in total. The van der Waals surface area contributed by atoms with E-state index in [0.717, 1.165) is 74.8 Å². The van der Waals surface area contributed by atoms with Crippen molar-refractivity contribution in [3.05, 3.63) is 81.8 Å². The lowest BCUT2D eigenvalue weighted by Crippen LogP contribution is -2.46. The number of hydrogen-bond donors (Lipinski definition) is 0. The molecule has 3 heterocycles. The van der Waals surface area contributed by atoms with E-state index in [-0.39, 0.29) is 11.7 Å². The highest BCUT2D eigenvalue weighted by atomic mass is 32.1. The fourth-order valence-electron chi connectivity index (χ4n) is 5.18. The second-order valence-electron chi connectivity index (χ2n) is 9.87. The van der Waals surface area contributed by atoms with Crippen LogP contribution in [-0.2, 0) is 6.54 Å². The number of benzene rings is 2. The van der Waals surface area contributed by atoms with Crippen LogP contribution >= 0.6 is 11.3 Å². The first-order valence-corrected chi connectivity index (χ1v) is 13.7. The quantitative estimate of drug-likeness (QED) is 0.426. The number of carbonyl (C=O) groups is 1. The number of amides is 1. The van der Waals surface area contributed by atoms with Crippen LogP contribution < -0.4 is 9.64 Å². The van der Waals surface area contributed by atoms with E-state index in [1.165, 1.54) is 23.0 Å². The predicted octanol–water partition coefficient (Wildman–Crippen LogP) is 5.45. The van der Waals surface area contributed by atoms with Gasteiger partial charge in [-0.25, -0.2) is 4.39 Å². The molecule has 2 fully saturated rings. The minimum absolute atomic E-state index is 0.150. The maximum Gasteiger partial charge on any atom is 0.264 e. The van der Waals surface area contributed by atoms with Gasteiger partial charge in [-0.05, 0) is 66.6 Å². The Kier molecular flexibility index (Phi) is 7.87. The average molecular weight is 508 g/mol. The van der Waals surface area contributed by atoms with Gasteiger partial charge in [0.15, 0.2) is 0 Å². The van der Waals surface area contributed by atoms with Crippen molar-refractivity contribution in [2.24, 2.45) is 5.92 Å². The SMILES string of the molecule is Cc1ccsc1C(=O)N1CCCC(COc2cccc(CN3CCN(c4ccccc4F)CC3)c2)C1. The Balaban J connectivity index is 1.11. The van der Waals surface area contributed by atoms with E-state index in [1.807, 2.05) is 41.5 Å². The largest absolute Gasteiger partial charge is 0.493 e. The van der Waals surface area contributed by atoms with Gasteiger partial charge in [-0.1, -0.05) is 24.3 Å². The Labute approximate surface area is 217 Å². The van der Waals surface area contributed by atoms with E-state index < -0.39 is 0 Å². The van der Waals surface area contributed by atoms with E-state index >= 15 is 0 Å². The molecule has 190 valence electrons. The Bertz CT molecular complexity index is 1170. The summed E-state index contributed by atoms with van der Waals surface area (Å²) in [6.07, 6.45) is 2.10. The van der Waals surface area contributed by atoms with Gasteiger partial charge in [0.1, 0.15) is 11.6 Å². The van der Waals surface area contributed by atoms with E-state index in [2.05, 4.69) is 28.0 Å². The molecule has 1 atom stereocenters. The lowest BCUT2D eigenvalue weighted by Gasteiger charge is -2.36. The van der Waals surface area contributed by atoms with Crippen LogP contribution in [0.4, 0.5) is 10.1 Å². The van der Waals surface area contributed by atoms with Crippen molar-refractivity contribution in [2.45, 2.75) is 26.3 Å². The first-order valence-electron chi connectivity index (χ1n) is 12.8. The number of likely N-dealkylation sites (tertiary alicyclic amines) is 1. The summed E-state index contributed by atoms with van der Waals surface area (Å²) in [5.74, 6) is 1.24. The first kappa shape index (κ1) is 24.8. The van der Waals surface area contributed by atoms with Gasteiger partial charge in [0.05, 0.1) is 17.2 Å². The maximum atomic E-state index is 14.1. The minimum atomic E-state index is -0.150. The standard InChI is InChI=1S/C29H34FN3O2S/c1-22-11-17-36-28(22)29(34)33-12-5-7-24(20-33)21-35-25-8-4-6-23(18-25)19-31-13-15-32(16-14-31)27-10-3-2-9-26(27)30/h2-4,6,8-11,17-18,24H,5,7,12-16,19-21H2,1H3. The molecule has 0 bridgehead atoms. The van der Waals surface area contributed by atoms with Crippen LogP contribution in [0.1, 0.15) is 33.6 Å². The Morgan fingerprint density at radius 2 is 1.89 bits per heavy atom. The van der Waals surface area contributed by atoms with Gasteiger partial charge >= 0.3 is 0 Å². The molecule has 0 radical (unpaired) electrons. The van der Waals surface area contributed by atoms with Crippen LogP contribution in [0.15, 0.2) is 60.0 Å². The molecule has 0 aliphatic carbocycles. The van der Waals surface area contributed by atoms with Crippen molar-refractivity contribution >= 4 is 22.9 Å². The zero-order valence-corrected chi connectivity index (χ0v) is 21.7. The lowest BCUT2D eigenvalue weighted by molar-refractivity contribution is 0.0637. The summed E-state index contributed by atoms with van der Waals surface area (Å²) in [5.41, 5.74) is 2.98. The Hall–Kier alpha value is -2.90. The van der Waals surface area contributed by atoms with Gasteiger partial charge in [0.2, 0.25) is 0 Å². The number of ether oxygens (including phenoxy) is 1. The highest BCUT2D eigenvalue weighted by Crippen LogP contribution is 2.25. The first-order chi connectivity index (χ1) is 17.6. The van der Waals surface area contributed by atoms with E-state index in [0.29, 0.717) is 18.2 Å². The fraction of sp³-hybridized carbons (Fsp3) is 0.414. The molecule has 2 aromatic carbocycles. The van der Waals surface area contributed by atoms with Gasteiger partial charge < -0.3 is 14.5 Å². The van der Waals surface area contributed by atoms with Gasteiger partial charge in [-0.3, -0.25) is 9.69 Å². The summed E-state index contributed by atoms with van der Waals surface area (Å²) < 4.78 is 20.3. The van der Waals surface area contributed by atoms with Crippen LogP contribution in [0.3, 0.4) is 0 Å². The molecule has 0 N–H and O–H groups in total. The molecular formula is C29H34FN3O2S. The molecule has 5 rings (SSSR count). The van der Waals surface area contributed by atoms with Crippen molar-refractivity contribution in [1.82, 2.24) is 9.80 Å². The van der Waals surface area contributed by atoms with Crippen LogP contribution in [0.2, 0.25) is 0 Å².